The van der Waals surface area contributed by atoms with E-state index in [1.54, 1.807) is 61.6 Å². The van der Waals surface area contributed by atoms with Crippen molar-refractivity contribution in [3.05, 3.63) is 65.2 Å². The van der Waals surface area contributed by atoms with Gasteiger partial charge >= 0.3 is 0 Å². The maximum absolute atomic E-state index is 13.2. The maximum Gasteiger partial charge on any atom is 0.295 e. The van der Waals surface area contributed by atoms with Crippen molar-refractivity contribution in [2.45, 2.75) is 26.3 Å². The van der Waals surface area contributed by atoms with Crippen molar-refractivity contribution in [1.82, 2.24) is 4.90 Å². The monoisotopic (exact) mass is 453 g/mol. The summed E-state index contributed by atoms with van der Waals surface area (Å²) in [6, 6.07) is 13.3. The Kier molecular flexibility index (Phi) is 8.11. The Morgan fingerprint density at radius 2 is 1.73 bits per heavy atom. The molecule has 1 aliphatic heterocycles. The zero-order chi connectivity index (χ0) is 24.0. The predicted molar refractivity (Wildman–Crippen MR) is 127 cm³/mol. The molecule has 1 fully saturated rings. The summed E-state index contributed by atoms with van der Waals surface area (Å²) < 4.78 is 11.0. The molecule has 1 atom stereocenters. The highest BCUT2D eigenvalue weighted by molar-refractivity contribution is 6.46. The number of quaternary nitrogens is 1. The fraction of sp³-hybridized carbons (Fsp3) is 0.385. The Hall–Kier alpha value is -3.32. The summed E-state index contributed by atoms with van der Waals surface area (Å²) in [5.41, 5.74) is 1.15. The normalized spacial score (nSPS) is 17.6. The van der Waals surface area contributed by atoms with Crippen LogP contribution < -0.4 is 14.4 Å². The summed E-state index contributed by atoms with van der Waals surface area (Å²) in [7, 11) is 3.10. The molecule has 1 amide bonds. The number of aliphatic hydroxyl groups excluding tert-OH is 1. The quantitative estimate of drug-likeness (QED) is 0.328. The smallest absolute Gasteiger partial charge is 0.295 e. The highest BCUT2D eigenvalue weighted by Gasteiger charge is 2.47. The average Bonchev–Trinajstić information content (AvgIpc) is 3.11. The van der Waals surface area contributed by atoms with Gasteiger partial charge in [-0.25, -0.2) is 0 Å². The first-order valence-electron chi connectivity index (χ1n) is 11.4. The van der Waals surface area contributed by atoms with Gasteiger partial charge in [0.1, 0.15) is 17.3 Å². The van der Waals surface area contributed by atoms with E-state index in [-0.39, 0.29) is 11.3 Å². The van der Waals surface area contributed by atoms with Crippen molar-refractivity contribution in [2.75, 3.05) is 40.4 Å². The summed E-state index contributed by atoms with van der Waals surface area (Å²) in [5, 5.41) is 11.1. The molecule has 7 heteroatoms. The van der Waals surface area contributed by atoms with E-state index in [0.29, 0.717) is 29.2 Å². The Labute approximate surface area is 195 Å². The molecule has 1 heterocycles. The number of Topliss-reactive ketones (excluding diaryl/α,β-unsaturated/α-hetero) is 1. The van der Waals surface area contributed by atoms with Gasteiger partial charge in [0.05, 0.1) is 45.5 Å². The van der Waals surface area contributed by atoms with E-state index in [9.17, 15) is 14.7 Å². The molecule has 3 rings (SSSR count). The number of likely N-dealkylation sites (tertiary alicyclic amines) is 1. The number of carbonyl (C=O) groups excluding carboxylic acids is 2. The number of methoxy groups -OCH3 is 2. The lowest BCUT2D eigenvalue weighted by Gasteiger charge is -2.27. The van der Waals surface area contributed by atoms with Crippen LogP contribution in [-0.4, -0.2) is 62.1 Å². The van der Waals surface area contributed by atoms with E-state index in [1.165, 1.54) is 4.90 Å². The van der Waals surface area contributed by atoms with E-state index >= 15 is 0 Å². The number of hydrogen-bond acceptors (Lipinski definition) is 5. The topological polar surface area (TPSA) is 80.5 Å². The first-order chi connectivity index (χ1) is 16.0. The Balaban J connectivity index is 2.11. The van der Waals surface area contributed by atoms with E-state index in [1.807, 2.05) is 6.07 Å². The van der Waals surface area contributed by atoms with Gasteiger partial charge in [-0.05, 0) is 32.0 Å². The molecule has 0 saturated carbocycles. The summed E-state index contributed by atoms with van der Waals surface area (Å²) in [6.45, 7) is 7.53. The van der Waals surface area contributed by atoms with E-state index in [0.717, 1.165) is 26.1 Å². The molecule has 0 aromatic heterocycles. The van der Waals surface area contributed by atoms with Crippen LogP contribution in [0.1, 0.15) is 37.4 Å². The number of ketones is 1. The van der Waals surface area contributed by atoms with Crippen molar-refractivity contribution in [1.29, 1.82) is 0 Å². The van der Waals surface area contributed by atoms with Gasteiger partial charge in [0, 0.05) is 24.1 Å². The van der Waals surface area contributed by atoms with Crippen LogP contribution >= 0.6 is 0 Å². The number of carbonyl (C=O) groups is 2. The number of amides is 1. The van der Waals surface area contributed by atoms with Gasteiger partial charge in [-0.1, -0.05) is 30.3 Å². The van der Waals surface area contributed by atoms with Crippen LogP contribution in [0.25, 0.3) is 5.76 Å². The minimum atomic E-state index is -0.776. The van der Waals surface area contributed by atoms with Gasteiger partial charge in [-0.15, -0.1) is 0 Å². The third kappa shape index (κ3) is 5.03. The minimum absolute atomic E-state index is 0.0629. The molecule has 2 aromatic carbocycles. The lowest BCUT2D eigenvalue weighted by Crippen LogP contribution is -3.11. The minimum Gasteiger partial charge on any atom is -0.507 e. The zero-order valence-electron chi connectivity index (χ0n) is 19.8. The van der Waals surface area contributed by atoms with Crippen LogP contribution in [0, 0.1) is 0 Å². The number of rotatable bonds is 10. The van der Waals surface area contributed by atoms with Crippen LogP contribution in [0.4, 0.5) is 0 Å². The van der Waals surface area contributed by atoms with Crippen LogP contribution in [0.15, 0.2) is 54.1 Å². The zero-order valence-corrected chi connectivity index (χ0v) is 19.8. The number of aliphatic hydroxyl groups is 1. The maximum atomic E-state index is 13.2. The molecule has 2 aromatic rings. The molecule has 1 saturated heterocycles. The Morgan fingerprint density at radius 1 is 1.03 bits per heavy atom. The average molecular weight is 454 g/mol. The largest absolute Gasteiger partial charge is 0.507 e. The van der Waals surface area contributed by atoms with Gasteiger partial charge in [0.15, 0.2) is 0 Å². The number of hydrogen-bond donors (Lipinski definition) is 2. The number of benzene rings is 2. The summed E-state index contributed by atoms with van der Waals surface area (Å²) >= 11 is 0. The number of nitrogens with zero attached hydrogens (tertiary/aromatic N) is 1. The molecule has 7 nitrogen and oxygen atoms in total. The molecule has 2 N–H and O–H groups in total. The molecule has 33 heavy (non-hydrogen) atoms. The summed E-state index contributed by atoms with van der Waals surface area (Å²) in [5.74, 6) is -0.413. The lowest BCUT2D eigenvalue weighted by atomic mass is 9.94. The molecule has 0 spiro atoms. The first-order valence-corrected chi connectivity index (χ1v) is 11.4. The van der Waals surface area contributed by atoms with Crippen LogP contribution in [-0.2, 0) is 9.59 Å². The molecular formula is C26H33N2O5+. The second-order valence-corrected chi connectivity index (χ2v) is 8.03. The van der Waals surface area contributed by atoms with Gasteiger partial charge in [-0.2, -0.15) is 0 Å². The van der Waals surface area contributed by atoms with Crippen LogP contribution in [0.3, 0.4) is 0 Å². The molecule has 0 unspecified atom stereocenters. The molecular weight excluding hydrogens is 420 g/mol. The fourth-order valence-electron chi connectivity index (χ4n) is 4.34. The molecule has 1 aliphatic rings. The first kappa shape index (κ1) is 24.3. The van der Waals surface area contributed by atoms with Crippen molar-refractivity contribution in [3.8, 4) is 11.5 Å². The molecule has 176 valence electrons. The van der Waals surface area contributed by atoms with E-state index < -0.39 is 17.7 Å². The van der Waals surface area contributed by atoms with Crippen LogP contribution in [0.5, 0.6) is 11.5 Å². The Morgan fingerprint density at radius 3 is 2.33 bits per heavy atom. The van der Waals surface area contributed by atoms with E-state index in [2.05, 4.69) is 13.8 Å². The van der Waals surface area contributed by atoms with Gasteiger partial charge in [0.2, 0.25) is 0 Å². The van der Waals surface area contributed by atoms with Crippen LogP contribution in [0.2, 0.25) is 0 Å². The molecule has 0 aliphatic carbocycles. The van der Waals surface area contributed by atoms with Crippen molar-refractivity contribution in [2.24, 2.45) is 0 Å². The number of ether oxygens (including phenoxy) is 2. The third-order valence-corrected chi connectivity index (χ3v) is 6.25. The van der Waals surface area contributed by atoms with Gasteiger partial charge < -0.3 is 24.4 Å². The van der Waals surface area contributed by atoms with Gasteiger partial charge in [-0.3, -0.25) is 9.59 Å². The summed E-state index contributed by atoms with van der Waals surface area (Å²) in [4.78, 5) is 29.3. The lowest BCUT2D eigenvalue weighted by molar-refractivity contribution is -0.896. The Bertz CT molecular complexity index is 1010. The van der Waals surface area contributed by atoms with Crippen molar-refractivity contribution in [3.63, 3.8) is 0 Å². The van der Waals surface area contributed by atoms with Gasteiger partial charge in [0.25, 0.3) is 11.7 Å². The second-order valence-electron chi connectivity index (χ2n) is 8.03. The standard InChI is InChI=1S/C26H32N2O5/c1-5-27(6-2)15-10-16-28-23(20-17-19(32-3)13-14-21(20)33-4)22(25(30)26(28)31)24(29)18-11-8-7-9-12-18/h7-9,11-14,17,23,29H,5-6,10,15-16H2,1-4H3/p+1/b24-22-/t23-/m1/s1. The highest BCUT2D eigenvalue weighted by atomic mass is 16.5. The third-order valence-electron chi connectivity index (χ3n) is 6.25. The summed E-state index contributed by atoms with van der Waals surface area (Å²) in [6.07, 6.45) is 0.734. The molecule has 0 bridgehead atoms. The van der Waals surface area contributed by atoms with Crippen molar-refractivity contribution < 1.29 is 29.1 Å². The highest BCUT2D eigenvalue weighted by Crippen LogP contribution is 2.43. The van der Waals surface area contributed by atoms with Crippen molar-refractivity contribution >= 4 is 17.4 Å². The molecule has 0 radical (unpaired) electrons. The van der Waals surface area contributed by atoms with E-state index in [4.69, 9.17) is 9.47 Å². The second kappa shape index (κ2) is 11.0. The SMILES string of the molecule is CC[NH+](CC)CCCN1C(=O)C(=O)/C(=C(\O)c2ccccc2)[C@H]1c1cc(OC)ccc1OC. The fourth-order valence-corrected chi connectivity index (χ4v) is 4.34. The predicted octanol–water partition coefficient (Wildman–Crippen LogP) is 2.44. The number of nitrogens with one attached hydrogen (secondary N) is 1.